The fraction of sp³-hybridized carbons (Fsp3) is 0.158. The van der Waals surface area contributed by atoms with Gasteiger partial charge in [-0.2, -0.15) is 0 Å². The number of carboxylic acids is 1. The van der Waals surface area contributed by atoms with Crippen LogP contribution in [-0.4, -0.2) is 17.0 Å². The molecule has 0 spiro atoms. The van der Waals surface area contributed by atoms with Gasteiger partial charge in [0, 0.05) is 11.8 Å². The van der Waals surface area contributed by atoms with Crippen LogP contribution >= 0.6 is 0 Å². The number of hydrogen-bond donors (Lipinski definition) is 2. The summed E-state index contributed by atoms with van der Waals surface area (Å²) in [5.74, 6) is -1.91. The fourth-order valence-corrected chi connectivity index (χ4v) is 2.09. The molecule has 1 atom stereocenters. The quantitative estimate of drug-likeness (QED) is 0.794. The molecule has 0 bridgehead atoms. The molecule has 0 aliphatic rings. The monoisotopic (exact) mass is 327 g/mol. The molecular formula is C19H18FNO3. The predicted octanol–water partition coefficient (Wildman–Crippen LogP) is 3.74. The van der Waals surface area contributed by atoms with E-state index in [-0.39, 0.29) is 11.7 Å². The number of hydrogen-bond acceptors (Lipinski definition) is 2. The molecule has 0 fully saturated rings. The number of nitrogens with one attached hydrogen (secondary N) is 1. The van der Waals surface area contributed by atoms with E-state index in [1.165, 1.54) is 18.2 Å². The average Bonchev–Trinajstić information content (AvgIpc) is 2.56. The second kappa shape index (κ2) is 8.06. The van der Waals surface area contributed by atoms with Gasteiger partial charge >= 0.3 is 5.97 Å². The van der Waals surface area contributed by atoms with Crippen LogP contribution in [0.4, 0.5) is 10.1 Å². The first-order chi connectivity index (χ1) is 11.4. The summed E-state index contributed by atoms with van der Waals surface area (Å²) >= 11 is 0. The lowest BCUT2D eigenvalue weighted by Crippen LogP contribution is -2.12. The molecule has 1 amide bonds. The van der Waals surface area contributed by atoms with E-state index in [0.29, 0.717) is 12.1 Å². The topological polar surface area (TPSA) is 66.4 Å². The summed E-state index contributed by atoms with van der Waals surface area (Å²) in [7, 11) is 0. The van der Waals surface area contributed by atoms with Crippen molar-refractivity contribution in [3.8, 4) is 0 Å². The largest absolute Gasteiger partial charge is 0.481 e. The van der Waals surface area contributed by atoms with Gasteiger partial charge in [0.05, 0.1) is 5.92 Å². The maximum Gasteiger partial charge on any atom is 0.306 e. The normalized spacial score (nSPS) is 12.1. The minimum Gasteiger partial charge on any atom is -0.481 e. The van der Waals surface area contributed by atoms with Crippen LogP contribution < -0.4 is 5.32 Å². The number of aliphatic carboxylic acids is 1. The summed E-state index contributed by atoms with van der Waals surface area (Å²) in [5.41, 5.74) is 2.24. The Bertz CT molecular complexity index is 736. The molecule has 0 heterocycles. The van der Waals surface area contributed by atoms with Gasteiger partial charge in [0.2, 0.25) is 5.91 Å². The number of amides is 1. The number of rotatable bonds is 6. The third-order valence-electron chi connectivity index (χ3n) is 3.48. The number of benzene rings is 2. The van der Waals surface area contributed by atoms with Gasteiger partial charge in [-0.3, -0.25) is 9.59 Å². The van der Waals surface area contributed by atoms with Crippen LogP contribution in [0.3, 0.4) is 0 Å². The van der Waals surface area contributed by atoms with E-state index >= 15 is 0 Å². The van der Waals surface area contributed by atoms with Crippen LogP contribution in [0.25, 0.3) is 6.08 Å². The fourth-order valence-electron chi connectivity index (χ4n) is 2.09. The Hall–Kier alpha value is -2.95. The first-order valence-electron chi connectivity index (χ1n) is 7.50. The van der Waals surface area contributed by atoms with Crippen molar-refractivity contribution >= 4 is 23.6 Å². The zero-order chi connectivity index (χ0) is 17.5. The van der Waals surface area contributed by atoms with Crippen molar-refractivity contribution in [3.05, 3.63) is 71.6 Å². The standard InChI is InChI=1S/C19H18FNO3/c1-13(19(23)24)12-15-4-9-17(10-5-15)21-18(22)11-6-14-2-7-16(20)8-3-14/h2-11,13H,12H2,1H3,(H,21,22)(H,23,24)/b11-6+. The zero-order valence-corrected chi connectivity index (χ0v) is 13.2. The van der Waals surface area contributed by atoms with Gasteiger partial charge in [-0.05, 0) is 47.9 Å². The summed E-state index contributed by atoms with van der Waals surface area (Å²) in [6, 6.07) is 12.9. The van der Waals surface area contributed by atoms with E-state index in [1.807, 2.05) is 0 Å². The Morgan fingerprint density at radius 2 is 1.75 bits per heavy atom. The van der Waals surface area contributed by atoms with Crippen LogP contribution in [0.2, 0.25) is 0 Å². The average molecular weight is 327 g/mol. The third kappa shape index (κ3) is 5.35. The second-order valence-corrected chi connectivity index (χ2v) is 5.51. The van der Waals surface area contributed by atoms with Gasteiger partial charge in [-0.15, -0.1) is 0 Å². The predicted molar refractivity (Wildman–Crippen MR) is 91.0 cm³/mol. The van der Waals surface area contributed by atoms with E-state index in [9.17, 15) is 14.0 Å². The van der Waals surface area contributed by atoms with Gasteiger partial charge in [0.15, 0.2) is 0 Å². The molecule has 2 N–H and O–H groups in total. The van der Waals surface area contributed by atoms with Crippen LogP contribution in [0.5, 0.6) is 0 Å². The summed E-state index contributed by atoms with van der Waals surface area (Å²) in [5, 5.41) is 11.6. The lowest BCUT2D eigenvalue weighted by Gasteiger charge is -2.07. The lowest BCUT2D eigenvalue weighted by molar-refractivity contribution is -0.141. The molecule has 0 radical (unpaired) electrons. The van der Waals surface area contributed by atoms with Crippen molar-refractivity contribution in [3.63, 3.8) is 0 Å². The molecule has 24 heavy (non-hydrogen) atoms. The molecule has 0 aromatic heterocycles. The van der Waals surface area contributed by atoms with Crippen molar-refractivity contribution in [1.82, 2.24) is 0 Å². The molecule has 2 aromatic rings. The van der Waals surface area contributed by atoms with Crippen molar-refractivity contribution < 1.29 is 19.1 Å². The van der Waals surface area contributed by atoms with Crippen LogP contribution in [0, 0.1) is 11.7 Å². The summed E-state index contributed by atoms with van der Waals surface area (Å²) in [6.07, 6.45) is 3.40. The molecule has 0 aliphatic carbocycles. The maximum absolute atomic E-state index is 12.8. The van der Waals surface area contributed by atoms with Crippen LogP contribution in [0.15, 0.2) is 54.6 Å². The first-order valence-corrected chi connectivity index (χ1v) is 7.50. The Morgan fingerprint density at radius 1 is 1.12 bits per heavy atom. The Balaban J connectivity index is 1.92. The minimum atomic E-state index is -0.835. The molecule has 0 saturated carbocycles. The maximum atomic E-state index is 12.8. The van der Waals surface area contributed by atoms with Gasteiger partial charge in [-0.25, -0.2) is 4.39 Å². The molecular weight excluding hydrogens is 309 g/mol. The number of halogens is 1. The zero-order valence-electron chi connectivity index (χ0n) is 13.2. The van der Waals surface area contributed by atoms with E-state index in [4.69, 9.17) is 5.11 Å². The van der Waals surface area contributed by atoms with Gasteiger partial charge < -0.3 is 10.4 Å². The molecule has 0 aliphatic heterocycles. The number of anilines is 1. The van der Waals surface area contributed by atoms with Gasteiger partial charge in [-0.1, -0.05) is 31.2 Å². The van der Waals surface area contributed by atoms with E-state index in [1.54, 1.807) is 49.4 Å². The molecule has 0 saturated heterocycles. The molecule has 2 rings (SSSR count). The highest BCUT2D eigenvalue weighted by molar-refractivity contribution is 6.01. The van der Waals surface area contributed by atoms with E-state index < -0.39 is 11.9 Å². The van der Waals surface area contributed by atoms with E-state index in [0.717, 1.165) is 11.1 Å². The molecule has 4 nitrogen and oxygen atoms in total. The van der Waals surface area contributed by atoms with Crippen LogP contribution in [0.1, 0.15) is 18.1 Å². The first kappa shape index (κ1) is 17.4. The second-order valence-electron chi connectivity index (χ2n) is 5.51. The van der Waals surface area contributed by atoms with Crippen molar-refractivity contribution in [2.75, 3.05) is 5.32 Å². The highest BCUT2D eigenvalue weighted by atomic mass is 19.1. The molecule has 2 aromatic carbocycles. The summed E-state index contributed by atoms with van der Waals surface area (Å²) < 4.78 is 12.8. The number of carbonyl (C=O) groups excluding carboxylic acids is 1. The van der Waals surface area contributed by atoms with Crippen molar-refractivity contribution in [1.29, 1.82) is 0 Å². The van der Waals surface area contributed by atoms with E-state index in [2.05, 4.69) is 5.32 Å². The Labute approximate surface area is 139 Å². The smallest absolute Gasteiger partial charge is 0.306 e. The molecule has 1 unspecified atom stereocenters. The van der Waals surface area contributed by atoms with Crippen LogP contribution in [-0.2, 0) is 16.0 Å². The highest BCUT2D eigenvalue weighted by Gasteiger charge is 2.11. The summed E-state index contributed by atoms with van der Waals surface area (Å²) in [6.45, 7) is 1.65. The van der Waals surface area contributed by atoms with Gasteiger partial charge in [0.1, 0.15) is 5.82 Å². The summed E-state index contributed by atoms with van der Waals surface area (Å²) in [4.78, 5) is 22.7. The Kier molecular flexibility index (Phi) is 5.84. The highest BCUT2D eigenvalue weighted by Crippen LogP contribution is 2.14. The van der Waals surface area contributed by atoms with Crippen molar-refractivity contribution in [2.24, 2.45) is 5.92 Å². The molecule has 124 valence electrons. The van der Waals surface area contributed by atoms with Crippen molar-refractivity contribution in [2.45, 2.75) is 13.3 Å². The number of carbonyl (C=O) groups is 2. The third-order valence-corrected chi connectivity index (χ3v) is 3.48. The molecule has 5 heteroatoms. The lowest BCUT2D eigenvalue weighted by atomic mass is 10.0. The van der Waals surface area contributed by atoms with Gasteiger partial charge in [0.25, 0.3) is 0 Å². The Morgan fingerprint density at radius 3 is 2.33 bits per heavy atom. The SMILES string of the molecule is CC(Cc1ccc(NC(=O)/C=C/c2ccc(F)cc2)cc1)C(=O)O. The number of carboxylic acid groups (broad SMARTS) is 1. The minimum absolute atomic E-state index is 0.300.